The Morgan fingerprint density at radius 3 is 2.95 bits per heavy atom. The molecule has 0 radical (unpaired) electrons. The van der Waals surface area contributed by atoms with E-state index in [1.807, 2.05) is 30.3 Å². The molecule has 1 aliphatic heterocycles. The molecule has 0 aliphatic carbocycles. The lowest BCUT2D eigenvalue weighted by molar-refractivity contribution is -0.0651. The lowest BCUT2D eigenvalue weighted by Gasteiger charge is -2.08. The average Bonchev–Trinajstić information content (AvgIpc) is 2.80. The van der Waals surface area contributed by atoms with E-state index < -0.39 is 6.29 Å². The summed E-state index contributed by atoms with van der Waals surface area (Å²) in [4.78, 5) is 4.66. The standard InChI is InChI=1S/C15H15NO3/c1-17-8-7-13-14-11(15(18-2)19-13)9-10-5-3-4-6-12(10)16-14/h3-7,9,15H,8H2,1-2H3/b13-7+. The monoisotopic (exact) mass is 257 g/mol. The Morgan fingerprint density at radius 2 is 2.16 bits per heavy atom. The normalized spacial score (nSPS) is 19.7. The van der Waals surface area contributed by atoms with Gasteiger partial charge in [0.05, 0.1) is 17.7 Å². The molecule has 0 spiro atoms. The van der Waals surface area contributed by atoms with Crippen LogP contribution in [0.4, 0.5) is 0 Å². The van der Waals surface area contributed by atoms with Gasteiger partial charge in [0.2, 0.25) is 6.29 Å². The van der Waals surface area contributed by atoms with Gasteiger partial charge in [0, 0.05) is 19.6 Å². The number of nitrogens with zero attached hydrogens (tertiary/aromatic N) is 1. The lowest BCUT2D eigenvalue weighted by atomic mass is 10.1. The molecule has 0 fully saturated rings. The molecular weight excluding hydrogens is 242 g/mol. The quantitative estimate of drug-likeness (QED) is 0.847. The maximum Gasteiger partial charge on any atom is 0.228 e. The molecule has 4 heteroatoms. The van der Waals surface area contributed by atoms with Gasteiger partial charge in [-0.15, -0.1) is 0 Å². The zero-order valence-corrected chi connectivity index (χ0v) is 10.9. The molecule has 1 atom stereocenters. The summed E-state index contributed by atoms with van der Waals surface area (Å²) in [5, 5.41) is 1.08. The summed E-state index contributed by atoms with van der Waals surface area (Å²) in [6.45, 7) is 0.486. The minimum Gasteiger partial charge on any atom is -0.458 e. The first-order chi connectivity index (χ1) is 9.33. The Balaban J connectivity index is 2.15. The van der Waals surface area contributed by atoms with Crippen molar-refractivity contribution in [3.8, 4) is 0 Å². The van der Waals surface area contributed by atoms with E-state index in [-0.39, 0.29) is 0 Å². The van der Waals surface area contributed by atoms with E-state index in [0.29, 0.717) is 6.61 Å². The molecule has 0 amide bonds. The fraction of sp³-hybridized carbons (Fsp3) is 0.267. The number of benzene rings is 1. The summed E-state index contributed by atoms with van der Waals surface area (Å²) in [5.41, 5.74) is 2.75. The van der Waals surface area contributed by atoms with Gasteiger partial charge in [-0.25, -0.2) is 4.98 Å². The molecular formula is C15H15NO3. The highest BCUT2D eigenvalue weighted by atomic mass is 16.7. The Morgan fingerprint density at radius 1 is 1.32 bits per heavy atom. The van der Waals surface area contributed by atoms with Gasteiger partial charge in [0.25, 0.3) is 0 Å². The number of hydrogen-bond donors (Lipinski definition) is 0. The molecule has 98 valence electrons. The molecule has 0 saturated carbocycles. The Hall–Kier alpha value is -1.91. The Labute approximate surface area is 111 Å². The van der Waals surface area contributed by atoms with Crippen LogP contribution in [-0.4, -0.2) is 25.8 Å². The number of para-hydroxylation sites is 1. The third-order valence-corrected chi connectivity index (χ3v) is 3.12. The van der Waals surface area contributed by atoms with Gasteiger partial charge in [-0.05, 0) is 18.2 Å². The van der Waals surface area contributed by atoms with Crippen molar-refractivity contribution in [1.29, 1.82) is 0 Å². The predicted octanol–water partition coefficient (Wildman–Crippen LogP) is 2.90. The maximum atomic E-state index is 5.75. The van der Waals surface area contributed by atoms with Crippen LogP contribution in [0.5, 0.6) is 0 Å². The molecule has 1 aliphatic rings. The highest BCUT2D eigenvalue weighted by Crippen LogP contribution is 2.38. The van der Waals surface area contributed by atoms with Gasteiger partial charge in [0.1, 0.15) is 11.5 Å². The predicted molar refractivity (Wildman–Crippen MR) is 72.4 cm³/mol. The van der Waals surface area contributed by atoms with Gasteiger partial charge in [-0.3, -0.25) is 0 Å². The Kier molecular flexibility index (Phi) is 3.19. The molecule has 0 N–H and O–H groups in total. The van der Waals surface area contributed by atoms with Crippen LogP contribution in [0.15, 0.2) is 36.4 Å². The maximum absolute atomic E-state index is 5.75. The van der Waals surface area contributed by atoms with Crippen LogP contribution in [0.2, 0.25) is 0 Å². The van der Waals surface area contributed by atoms with Crippen molar-refractivity contribution in [3.05, 3.63) is 47.7 Å². The van der Waals surface area contributed by atoms with Gasteiger partial charge in [0.15, 0.2) is 0 Å². The molecule has 3 rings (SSSR count). The highest BCUT2D eigenvalue weighted by molar-refractivity contribution is 5.82. The first-order valence-electron chi connectivity index (χ1n) is 6.12. The van der Waals surface area contributed by atoms with Crippen LogP contribution in [0.1, 0.15) is 17.5 Å². The largest absolute Gasteiger partial charge is 0.458 e. The molecule has 1 aromatic heterocycles. The second-order valence-electron chi connectivity index (χ2n) is 4.33. The van der Waals surface area contributed by atoms with Gasteiger partial charge < -0.3 is 14.2 Å². The van der Waals surface area contributed by atoms with Crippen LogP contribution in [0.25, 0.3) is 16.7 Å². The van der Waals surface area contributed by atoms with Crippen molar-refractivity contribution in [1.82, 2.24) is 4.98 Å². The SMILES string of the molecule is COC/C=C1/OC(OC)c2cc3ccccc3nc21. The highest BCUT2D eigenvalue weighted by Gasteiger charge is 2.29. The molecule has 19 heavy (non-hydrogen) atoms. The van der Waals surface area contributed by atoms with E-state index in [1.54, 1.807) is 14.2 Å². The zero-order chi connectivity index (χ0) is 13.2. The summed E-state index contributed by atoms with van der Waals surface area (Å²) in [6.07, 6.45) is 1.48. The molecule has 2 aromatic rings. The van der Waals surface area contributed by atoms with Crippen molar-refractivity contribution >= 4 is 16.7 Å². The smallest absolute Gasteiger partial charge is 0.228 e. The molecule has 0 bridgehead atoms. The van der Waals surface area contributed by atoms with Crippen molar-refractivity contribution < 1.29 is 14.2 Å². The van der Waals surface area contributed by atoms with Crippen LogP contribution in [0, 0.1) is 0 Å². The number of pyridine rings is 1. The van der Waals surface area contributed by atoms with E-state index in [0.717, 1.165) is 27.9 Å². The zero-order valence-electron chi connectivity index (χ0n) is 10.9. The third kappa shape index (κ3) is 2.09. The second-order valence-corrected chi connectivity index (χ2v) is 4.33. The van der Waals surface area contributed by atoms with Gasteiger partial charge >= 0.3 is 0 Å². The molecule has 2 heterocycles. The molecule has 1 aromatic carbocycles. The number of aromatic nitrogens is 1. The van der Waals surface area contributed by atoms with Crippen molar-refractivity contribution in [2.45, 2.75) is 6.29 Å². The summed E-state index contributed by atoms with van der Waals surface area (Å²) in [5.74, 6) is 0.717. The number of fused-ring (bicyclic) bond motifs is 2. The van der Waals surface area contributed by atoms with E-state index >= 15 is 0 Å². The average molecular weight is 257 g/mol. The minimum atomic E-state index is -0.393. The second kappa shape index (κ2) is 4.99. The topological polar surface area (TPSA) is 40.6 Å². The third-order valence-electron chi connectivity index (χ3n) is 3.12. The van der Waals surface area contributed by atoms with Crippen molar-refractivity contribution in [3.63, 3.8) is 0 Å². The fourth-order valence-corrected chi connectivity index (χ4v) is 2.22. The number of hydrogen-bond acceptors (Lipinski definition) is 4. The molecule has 1 unspecified atom stereocenters. The van der Waals surface area contributed by atoms with Crippen LogP contribution < -0.4 is 0 Å². The van der Waals surface area contributed by atoms with Gasteiger partial charge in [-0.1, -0.05) is 18.2 Å². The van der Waals surface area contributed by atoms with Crippen LogP contribution in [-0.2, 0) is 14.2 Å². The fourth-order valence-electron chi connectivity index (χ4n) is 2.22. The van der Waals surface area contributed by atoms with Crippen LogP contribution >= 0.6 is 0 Å². The molecule has 4 nitrogen and oxygen atoms in total. The van der Waals surface area contributed by atoms with E-state index in [9.17, 15) is 0 Å². The summed E-state index contributed by atoms with van der Waals surface area (Å²) < 4.78 is 16.2. The number of rotatable bonds is 3. The van der Waals surface area contributed by atoms with Gasteiger partial charge in [-0.2, -0.15) is 0 Å². The molecule has 0 saturated heterocycles. The summed E-state index contributed by atoms with van der Waals surface area (Å²) >= 11 is 0. The van der Waals surface area contributed by atoms with E-state index in [1.165, 1.54) is 0 Å². The number of ether oxygens (including phenoxy) is 3. The summed E-state index contributed by atoms with van der Waals surface area (Å²) in [7, 11) is 3.28. The van der Waals surface area contributed by atoms with Crippen molar-refractivity contribution in [2.75, 3.05) is 20.8 Å². The first kappa shape index (κ1) is 12.1. The first-order valence-corrected chi connectivity index (χ1v) is 6.12. The lowest BCUT2D eigenvalue weighted by Crippen LogP contribution is -1.98. The van der Waals surface area contributed by atoms with Crippen LogP contribution in [0.3, 0.4) is 0 Å². The van der Waals surface area contributed by atoms with E-state index in [4.69, 9.17) is 14.2 Å². The van der Waals surface area contributed by atoms with Crippen molar-refractivity contribution in [2.24, 2.45) is 0 Å². The summed E-state index contributed by atoms with van der Waals surface area (Å²) in [6, 6.07) is 10.1. The Bertz CT molecular complexity index is 636. The minimum absolute atomic E-state index is 0.393. The van der Waals surface area contributed by atoms with E-state index in [2.05, 4.69) is 11.1 Å². The number of methoxy groups -OCH3 is 2.